The van der Waals surface area contributed by atoms with Gasteiger partial charge in [0.1, 0.15) is 0 Å². The fourth-order valence-corrected chi connectivity index (χ4v) is 2.37. The van der Waals surface area contributed by atoms with Crippen LogP contribution >= 0.6 is 0 Å². The lowest BCUT2D eigenvalue weighted by molar-refractivity contribution is -0.122. The lowest BCUT2D eigenvalue weighted by atomic mass is 10.0. The van der Waals surface area contributed by atoms with Crippen molar-refractivity contribution in [3.05, 3.63) is 30.1 Å². The molecule has 1 amide bonds. The number of carbonyl (C=O) groups is 1. The Balaban J connectivity index is 2.03. The summed E-state index contributed by atoms with van der Waals surface area (Å²) in [5.41, 5.74) is 7.15. The Bertz CT molecular complexity index is 433. The van der Waals surface area contributed by atoms with Crippen LogP contribution in [0.1, 0.15) is 37.9 Å². The van der Waals surface area contributed by atoms with E-state index in [1.54, 1.807) is 6.20 Å². The van der Waals surface area contributed by atoms with Crippen molar-refractivity contribution in [3.8, 4) is 0 Å². The van der Waals surface area contributed by atoms with Crippen molar-refractivity contribution in [2.75, 3.05) is 13.6 Å². The van der Waals surface area contributed by atoms with Crippen molar-refractivity contribution >= 4 is 5.91 Å². The van der Waals surface area contributed by atoms with Gasteiger partial charge in [0.2, 0.25) is 5.91 Å². The Kier molecular flexibility index (Phi) is 5.09. The first-order valence-electron chi connectivity index (χ1n) is 7.28. The molecule has 20 heavy (non-hydrogen) atoms. The molecule has 3 N–H and O–H groups in total. The highest BCUT2D eigenvalue weighted by atomic mass is 16.2. The fraction of sp³-hybridized carbons (Fsp3) is 0.600. The second-order valence-electron chi connectivity index (χ2n) is 5.53. The van der Waals surface area contributed by atoms with Crippen molar-refractivity contribution in [1.82, 2.24) is 15.2 Å². The van der Waals surface area contributed by atoms with E-state index in [1.807, 2.05) is 30.1 Å². The lowest BCUT2D eigenvalue weighted by Gasteiger charge is -2.31. The van der Waals surface area contributed by atoms with Gasteiger partial charge in [-0.25, -0.2) is 0 Å². The van der Waals surface area contributed by atoms with E-state index in [9.17, 15) is 4.79 Å². The second-order valence-corrected chi connectivity index (χ2v) is 5.53. The largest absolute Gasteiger partial charge is 0.352 e. The van der Waals surface area contributed by atoms with Crippen molar-refractivity contribution < 1.29 is 4.79 Å². The van der Waals surface area contributed by atoms with Gasteiger partial charge in [-0.3, -0.25) is 14.7 Å². The van der Waals surface area contributed by atoms with Gasteiger partial charge in [-0.1, -0.05) is 13.0 Å². The first kappa shape index (κ1) is 14.9. The van der Waals surface area contributed by atoms with Crippen LogP contribution in [0.25, 0.3) is 0 Å². The van der Waals surface area contributed by atoms with E-state index in [2.05, 4.69) is 17.2 Å². The number of nitrogens with one attached hydrogen (secondary N) is 1. The van der Waals surface area contributed by atoms with Gasteiger partial charge in [0.15, 0.2) is 0 Å². The summed E-state index contributed by atoms with van der Waals surface area (Å²) in [6.07, 6.45) is 4.82. The van der Waals surface area contributed by atoms with Crippen LogP contribution < -0.4 is 11.1 Å². The molecule has 0 radical (unpaired) electrons. The molecular weight excluding hydrogens is 252 g/mol. The van der Waals surface area contributed by atoms with Crippen LogP contribution in [-0.2, 0) is 4.79 Å². The number of hydrogen-bond acceptors (Lipinski definition) is 4. The molecule has 110 valence electrons. The Morgan fingerprint density at radius 3 is 2.85 bits per heavy atom. The number of likely N-dealkylation sites (N-methyl/N-ethyl adjacent to an activating group) is 1. The minimum absolute atomic E-state index is 0.0360. The van der Waals surface area contributed by atoms with Gasteiger partial charge in [-0.05, 0) is 38.4 Å². The summed E-state index contributed by atoms with van der Waals surface area (Å²) in [5, 5.41) is 3.01. The van der Waals surface area contributed by atoms with Crippen LogP contribution in [0.4, 0.5) is 0 Å². The minimum atomic E-state index is -0.0383. The van der Waals surface area contributed by atoms with E-state index in [0.717, 1.165) is 25.0 Å². The first-order chi connectivity index (χ1) is 9.61. The monoisotopic (exact) mass is 276 g/mol. The first-order valence-corrected chi connectivity index (χ1v) is 7.28. The molecule has 1 heterocycles. The van der Waals surface area contributed by atoms with Crippen LogP contribution in [0.2, 0.25) is 0 Å². The number of nitrogens with zero attached hydrogens (tertiary/aromatic N) is 2. The fourth-order valence-electron chi connectivity index (χ4n) is 2.37. The summed E-state index contributed by atoms with van der Waals surface area (Å²) in [5.74, 6) is 0.0687. The normalized spacial score (nSPS) is 17.8. The third kappa shape index (κ3) is 4.02. The van der Waals surface area contributed by atoms with Crippen LogP contribution in [0, 0.1) is 0 Å². The molecule has 1 saturated carbocycles. The quantitative estimate of drug-likeness (QED) is 0.781. The molecule has 2 unspecified atom stereocenters. The molecule has 0 aromatic carbocycles. The van der Waals surface area contributed by atoms with E-state index >= 15 is 0 Å². The molecule has 1 aromatic heterocycles. The molecule has 1 fully saturated rings. The molecule has 0 spiro atoms. The average Bonchev–Trinajstić information content (AvgIpc) is 3.23. The summed E-state index contributed by atoms with van der Waals surface area (Å²) in [4.78, 5) is 18.3. The highest BCUT2D eigenvalue weighted by Crippen LogP contribution is 2.22. The standard InChI is InChI=1S/C15H24N4O/c1-3-12(16)15(13-6-4-5-9-17-13)19(2)10-14(20)18-11-7-8-11/h4-6,9,11-12,15H,3,7-8,10,16H2,1-2H3,(H,18,20). The molecule has 5 nitrogen and oxygen atoms in total. The topological polar surface area (TPSA) is 71.2 Å². The third-order valence-electron chi connectivity index (χ3n) is 3.68. The zero-order valence-corrected chi connectivity index (χ0v) is 12.2. The Hall–Kier alpha value is -1.46. The Morgan fingerprint density at radius 2 is 2.30 bits per heavy atom. The van der Waals surface area contributed by atoms with E-state index in [0.29, 0.717) is 12.6 Å². The number of hydrogen-bond donors (Lipinski definition) is 2. The minimum Gasteiger partial charge on any atom is -0.352 e. The molecule has 2 rings (SSSR count). The molecular formula is C15H24N4O. The highest BCUT2D eigenvalue weighted by Gasteiger charge is 2.28. The van der Waals surface area contributed by atoms with Gasteiger partial charge in [0.25, 0.3) is 0 Å². The number of rotatable bonds is 7. The van der Waals surface area contributed by atoms with E-state index in [4.69, 9.17) is 5.73 Å². The number of nitrogens with two attached hydrogens (primary N) is 1. The van der Waals surface area contributed by atoms with Gasteiger partial charge in [0.05, 0.1) is 18.3 Å². The number of pyridine rings is 1. The number of carbonyl (C=O) groups excluding carboxylic acids is 1. The van der Waals surface area contributed by atoms with Crippen LogP contribution in [0.15, 0.2) is 24.4 Å². The molecule has 1 aliphatic rings. The lowest BCUT2D eigenvalue weighted by Crippen LogP contribution is -2.44. The SMILES string of the molecule is CCC(N)C(c1ccccn1)N(C)CC(=O)NC1CC1. The van der Waals surface area contributed by atoms with Crippen molar-refractivity contribution in [3.63, 3.8) is 0 Å². The van der Waals surface area contributed by atoms with Crippen molar-refractivity contribution in [1.29, 1.82) is 0 Å². The Labute approximate surface area is 120 Å². The zero-order chi connectivity index (χ0) is 14.5. The number of amides is 1. The third-order valence-corrected chi connectivity index (χ3v) is 3.68. The van der Waals surface area contributed by atoms with Crippen molar-refractivity contribution in [2.24, 2.45) is 5.73 Å². The average molecular weight is 276 g/mol. The van der Waals surface area contributed by atoms with Gasteiger partial charge in [-0.15, -0.1) is 0 Å². The second kappa shape index (κ2) is 6.81. The van der Waals surface area contributed by atoms with Gasteiger partial charge >= 0.3 is 0 Å². The molecule has 1 aliphatic carbocycles. The highest BCUT2D eigenvalue weighted by molar-refractivity contribution is 5.78. The summed E-state index contributed by atoms with van der Waals surface area (Å²) < 4.78 is 0. The van der Waals surface area contributed by atoms with Crippen LogP contribution in [0.3, 0.4) is 0 Å². The van der Waals surface area contributed by atoms with E-state index < -0.39 is 0 Å². The maximum Gasteiger partial charge on any atom is 0.234 e. The molecule has 0 aliphatic heterocycles. The summed E-state index contributed by atoms with van der Waals surface area (Å²) in [6, 6.07) is 6.13. The zero-order valence-electron chi connectivity index (χ0n) is 12.2. The molecule has 2 atom stereocenters. The molecule has 0 saturated heterocycles. The maximum atomic E-state index is 11.9. The van der Waals surface area contributed by atoms with Gasteiger partial charge in [-0.2, -0.15) is 0 Å². The van der Waals surface area contributed by atoms with E-state index in [1.165, 1.54) is 0 Å². The summed E-state index contributed by atoms with van der Waals surface area (Å²) in [6.45, 7) is 2.41. The van der Waals surface area contributed by atoms with Crippen LogP contribution in [-0.4, -0.2) is 41.5 Å². The summed E-state index contributed by atoms with van der Waals surface area (Å²) in [7, 11) is 1.93. The summed E-state index contributed by atoms with van der Waals surface area (Å²) >= 11 is 0. The molecule has 0 bridgehead atoms. The molecule has 1 aromatic rings. The smallest absolute Gasteiger partial charge is 0.234 e. The Morgan fingerprint density at radius 1 is 1.55 bits per heavy atom. The predicted octanol–water partition coefficient (Wildman–Crippen LogP) is 1.07. The van der Waals surface area contributed by atoms with Gasteiger partial charge in [0, 0.05) is 18.3 Å². The maximum absolute atomic E-state index is 11.9. The molecule has 5 heteroatoms. The number of aromatic nitrogens is 1. The van der Waals surface area contributed by atoms with Crippen LogP contribution in [0.5, 0.6) is 0 Å². The van der Waals surface area contributed by atoms with Crippen molar-refractivity contribution in [2.45, 2.75) is 44.3 Å². The van der Waals surface area contributed by atoms with E-state index in [-0.39, 0.29) is 18.0 Å². The van der Waals surface area contributed by atoms with Gasteiger partial charge < -0.3 is 11.1 Å². The predicted molar refractivity (Wildman–Crippen MR) is 79.0 cm³/mol.